The smallest absolute Gasteiger partial charge is 0.252 e. The van der Waals surface area contributed by atoms with Crippen molar-refractivity contribution >= 4 is 5.69 Å². The maximum absolute atomic E-state index is 13.6. The van der Waals surface area contributed by atoms with Crippen molar-refractivity contribution in [1.29, 1.82) is 0 Å². The molecule has 1 saturated heterocycles. The summed E-state index contributed by atoms with van der Waals surface area (Å²) in [6.45, 7) is 1.72. The van der Waals surface area contributed by atoms with E-state index in [0.717, 1.165) is 11.3 Å². The first kappa shape index (κ1) is 15.6. The molecule has 1 aliphatic heterocycles. The molecule has 1 fully saturated rings. The largest absolute Gasteiger partial charge is 0.481 e. The lowest BCUT2D eigenvalue weighted by molar-refractivity contribution is -0.134. The van der Waals surface area contributed by atoms with E-state index in [1.54, 1.807) is 24.5 Å². The number of nitrogens with zero attached hydrogens (tertiary/aromatic N) is 2. The van der Waals surface area contributed by atoms with Gasteiger partial charge in [0.1, 0.15) is 5.41 Å². The second-order valence-electron chi connectivity index (χ2n) is 5.63. The van der Waals surface area contributed by atoms with E-state index in [1.165, 1.54) is 7.11 Å². The number of halogens is 2. The zero-order valence-electron chi connectivity index (χ0n) is 12.8. The van der Waals surface area contributed by atoms with Crippen LogP contribution in [0.3, 0.4) is 0 Å². The van der Waals surface area contributed by atoms with Gasteiger partial charge in [-0.15, -0.1) is 0 Å². The van der Waals surface area contributed by atoms with Gasteiger partial charge in [-0.1, -0.05) is 0 Å². The van der Waals surface area contributed by atoms with Crippen LogP contribution >= 0.6 is 0 Å². The number of ether oxygens (including phenoxy) is 2. The minimum absolute atomic E-state index is 0.0552. The number of pyridine rings is 2. The van der Waals surface area contributed by atoms with E-state index in [2.05, 4.69) is 9.97 Å². The van der Waals surface area contributed by atoms with Gasteiger partial charge in [-0.25, -0.2) is 13.8 Å². The van der Waals surface area contributed by atoms with Gasteiger partial charge in [0.15, 0.2) is 0 Å². The van der Waals surface area contributed by atoms with Crippen molar-refractivity contribution in [1.82, 2.24) is 9.97 Å². The van der Waals surface area contributed by atoms with Crippen LogP contribution in [0.25, 0.3) is 11.1 Å². The molecule has 2 aromatic rings. The molecule has 0 atom stereocenters. The van der Waals surface area contributed by atoms with Gasteiger partial charge in [0.2, 0.25) is 5.88 Å². The minimum atomic E-state index is -2.57. The fourth-order valence-corrected chi connectivity index (χ4v) is 2.68. The number of aryl methyl sites for hydroxylation is 1. The zero-order valence-corrected chi connectivity index (χ0v) is 12.8. The van der Waals surface area contributed by atoms with Gasteiger partial charge in [-0.2, -0.15) is 0 Å². The topological polar surface area (TPSA) is 70.3 Å². The molecule has 0 spiro atoms. The van der Waals surface area contributed by atoms with Crippen molar-refractivity contribution in [3.05, 3.63) is 35.8 Å². The average molecular weight is 321 g/mol. The SMILES string of the molecule is COc1ncc(-c2cc(N)cnc2C)cc1C1(C(F)F)COC1. The summed E-state index contributed by atoms with van der Waals surface area (Å²) >= 11 is 0. The van der Waals surface area contributed by atoms with Crippen molar-refractivity contribution in [3.63, 3.8) is 0 Å². The lowest BCUT2D eigenvalue weighted by atomic mass is 9.78. The van der Waals surface area contributed by atoms with E-state index in [1.807, 2.05) is 6.92 Å². The Bertz CT molecular complexity index is 733. The van der Waals surface area contributed by atoms with Gasteiger partial charge < -0.3 is 15.2 Å². The second kappa shape index (κ2) is 5.73. The number of aromatic nitrogens is 2. The van der Waals surface area contributed by atoms with Crippen LogP contribution in [0, 0.1) is 6.92 Å². The van der Waals surface area contributed by atoms with Crippen LogP contribution in [0.2, 0.25) is 0 Å². The van der Waals surface area contributed by atoms with E-state index < -0.39 is 11.8 Å². The Morgan fingerprint density at radius 3 is 2.57 bits per heavy atom. The summed E-state index contributed by atoms with van der Waals surface area (Å²) in [7, 11) is 1.41. The highest BCUT2D eigenvalue weighted by Crippen LogP contribution is 2.43. The second-order valence-corrected chi connectivity index (χ2v) is 5.63. The predicted octanol–water partition coefficient (Wildman–Crippen LogP) is 2.58. The molecule has 1 aliphatic rings. The summed E-state index contributed by atoms with van der Waals surface area (Å²) in [6.07, 6.45) is 0.559. The van der Waals surface area contributed by atoms with Crippen LogP contribution < -0.4 is 10.5 Å². The van der Waals surface area contributed by atoms with Gasteiger partial charge in [0, 0.05) is 28.6 Å². The standard InChI is InChI=1S/C16H17F2N3O2/c1-9-12(4-11(19)6-20-9)10-3-13(14(22-2)21-5-10)16(15(17)18)7-23-8-16/h3-6,15H,7-8,19H2,1-2H3. The fraction of sp³-hybridized carbons (Fsp3) is 0.375. The molecule has 2 aromatic heterocycles. The Labute approximate surface area is 132 Å². The molecule has 0 bridgehead atoms. The van der Waals surface area contributed by atoms with Crippen LogP contribution in [0.1, 0.15) is 11.3 Å². The molecule has 3 rings (SSSR count). The van der Waals surface area contributed by atoms with Crippen molar-refractivity contribution in [2.75, 3.05) is 26.1 Å². The molecular formula is C16H17F2N3O2. The van der Waals surface area contributed by atoms with Gasteiger partial charge in [0.05, 0.1) is 32.2 Å². The van der Waals surface area contributed by atoms with Crippen LogP contribution in [0.5, 0.6) is 5.88 Å². The summed E-state index contributed by atoms with van der Waals surface area (Å²) in [5, 5.41) is 0. The average Bonchev–Trinajstić information content (AvgIpc) is 2.48. The molecule has 2 N–H and O–H groups in total. The quantitative estimate of drug-likeness (QED) is 0.937. The van der Waals surface area contributed by atoms with E-state index >= 15 is 0 Å². The summed E-state index contributed by atoms with van der Waals surface area (Å²) in [4.78, 5) is 8.40. The molecular weight excluding hydrogens is 304 g/mol. The molecule has 0 radical (unpaired) electrons. The first-order chi connectivity index (χ1) is 11.0. The van der Waals surface area contributed by atoms with Crippen molar-refractivity contribution in [2.24, 2.45) is 0 Å². The number of nitrogens with two attached hydrogens (primary N) is 1. The third-order valence-corrected chi connectivity index (χ3v) is 4.14. The number of hydrogen-bond acceptors (Lipinski definition) is 5. The summed E-state index contributed by atoms with van der Waals surface area (Å²) in [5.74, 6) is 0.187. The number of nitrogen functional groups attached to an aromatic ring is 1. The normalized spacial score (nSPS) is 16.2. The van der Waals surface area contributed by atoms with Gasteiger partial charge in [-0.05, 0) is 19.1 Å². The Balaban J connectivity index is 2.15. The van der Waals surface area contributed by atoms with Crippen molar-refractivity contribution in [2.45, 2.75) is 18.8 Å². The Hall–Kier alpha value is -2.28. The van der Waals surface area contributed by atoms with Crippen LogP contribution in [0.4, 0.5) is 14.5 Å². The van der Waals surface area contributed by atoms with E-state index in [4.69, 9.17) is 15.2 Å². The fourth-order valence-electron chi connectivity index (χ4n) is 2.68. The number of anilines is 1. The van der Waals surface area contributed by atoms with Gasteiger partial charge in [-0.3, -0.25) is 4.98 Å². The summed E-state index contributed by atoms with van der Waals surface area (Å²) < 4.78 is 37.5. The monoisotopic (exact) mass is 321 g/mol. The molecule has 0 aliphatic carbocycles. The van der Waals surface area contributed by atoms with E-state index in [-0.39, 0.29) is 19.1 Å². The van der Waals surface area contributed by atoms with Crippen molar-refractivity contribution in [3.8, 4) is 17.0 Å². The van der Waals surface area contributed by atoms with Gasteiger partial charge >= 0.3 is 0 Å². The Morgan fingerprint density at radius 2 is 2.00 bits per heavy atom. The molecule has 122 valence electrons. The number of hydrogen-bond donors (Lipinski definition) is 1. The first-order valence-corrected chi connectivity index (χ1v) is 7.11. The third-order valence-electron chi connectivity index (χ3n) is 4.14. The lowest BCUT2D eigenvalue weighted by Crippen LogP contribution is -2.52. The summed E-state index contributed by atoms with van der Waals surface area (Å²) in [5.41, 5.74) is 7.42. The molecule has 0 amide bonds. The Kier molecular flexibility index (Phi) is 3.89. The molecule has 23 heavy (non-hydrogen) atoms. The number of rotatable bonds is 4. The highest BCUT2D eigenvalue weighted by molar-refractivity contribution is 5.70. The molecule has 3 heterocycles. The number of alkyl halides is 2. The molecule has 0 unspecified atom stereocenters. The molecule has 0 aromatic carbocycles. The molecule has 0 saturated carbocycles. The van der Waals surface area contributed by atoms with Crippen LogP contribution in [-0.4, -0.2) is 36.7 Å². The maximum Gasteiger partial charge on any atom is 0.252 e. The van der Waals surface area contributed by atoms with Gasteiger partial charge in [0.25, 0.3) is 6.43 Å². The van der Waals surface area contributed by atoms with Crippen LogP contribution in [0.15, 0.2) is 24.5 Å². The highest BCUT2D eigenvalue weighted by atomic mass is 19.3. The Morgan fingerprint density at radius 1 is 1.26 bits per heavy atom. The minimum Gasteiger partial charge on any atom is -0.481 e. The first-order valence-electron chi connectivity index (χ1n) is 7.11. The van der Waals surface area contributed by atoms with Crippen LogP contribution in [-0.2, 0) is 10.2 Å². The molecule has 7 heteroatoms. The lowest BCUT2D eigenvalue weighted by Gasteiger charge is -2.41. The maximum atomic E-state index is 13.6. The number of methoxy groups -OCH3 is 1. The summed E-state index contributed by atoms with van der Waals surface area (Å²) in [6, 6.07) is 3.42. The van der Waals surface area contributed by atoms with Crippen molar-refractivity contribution < 1.29 is 18.3 Å². The van der Waals surface area contributed by atoms with E-state index in [9.17, 15) is 8.78 Å². The highest BCUT2D eigenvalue weighted by Gasteiger charge is 2.51. The molecule has 5 nitrogen and oxygen atoms in total. The van der Waals surface area contributed by atoms with E-state index in [0.29, 0.717) is 16.8 Å². The third kappa shape index (κ3) is 2.50. The predicted molar refractivity (Wildman–Crippen MR) is 81.7 cm³/mol. The zero-order chi connectivity index (χ0) is 16.6.